The zero-order chi connectivity index (χ0) is 22.5. The van der Waals surface area contributed by atoms with Crippen molar-refractivity contribution in [3.63, 3.8) is 0 Å². The van der Waals surface area contributed by atoms with Gasteiger partial charge in [0.05, 0.1) is 10.4 Å². The fourth-order valence-electron chi connectivity index (χ4n) is 3.48. The van der Waals surface area contributed by atoms with Crippen molar-refractivity contribution in [1.29, 1.82) is 0 Å². The predicted octanol–water partition coefficient (Wildman–Crippen LogP) is 3.90. The highest BCUT2D eigenvalue weighted by molar-refractivity contribution is 7.12. The number of carbonyl (C=O) groups is 4. The van der Waals surface area contributed by atoms with Gasteiger partial charge in [0.1, 0.15) is 0 Å². The lowest BCUT2D eigenvalue weighted by Crippen LogP contribution is -2.24. The second-order valence-electron chi connectivity index (χ2n) is 7.18. The normalized spacial score (nSPS) is 13.1. The van der Waals surface area contributed by atoms with E-state index in [1.165, 1.54) is 17.4 Å². The Bertz CT molecular complexity index is 1170. The number of ketones is 1. The molecular weight excluding hydrogens is 428 g/mol. The van der Waals surface area contributed by atoms with E-state index in [-0.39, 0.29) is 22.8 Å². The molecule has 2 heterocycles. The molecule has 0 spiro atoms. The average molecular weight is 449 g/mol. The van der Waals surface area contributed by atoms with E-state index in [1.54, 1.807) is 64.9 Å². The summed E-state index contributed by atoms with van der Waals surface area (Å²) in [5.41, 5.74) is 1.54. The minimum Gasteiger partial charge on any atom is -0.452 e. The zero-order valence-corrected chi connectivity index (χ0v) is 17.9. The van der Waals surface area contributed by atoms with Crippen molar-refractivity contribution in [1.82, 2.24) is 0 Å². The summed E-state index contributed by atoms with van der Waals surface area (Å²) in [4.78, 5) is 51.7. The molecule has 32 heavy (non-hydrogen) atoms. The van der Waals surface area contributed by atoms with Crippen LogP contribution < -0.4 is 10.2 Å². The van der Waals surface area contributed by atoms with Crippen molar-refractivity contribution < 1.29 is 23.9 Å². The molecule has 7 nitrogen and oxygen atoms in total. The van der Waals surface area contributed by atoms with Crippen LogP contribution in [0, 0.1) is 0 Å². The second kappa shape index (κ2) is 9.57. The Labute approximate surface area is 188 Å². The molecule has 0 aliphatic carbocycles. The van der Waals surface area contributed by atoms with Crippen molar-refractivity contribution >= 4 is 46.3 Å². The molecule has 0 radical (unpaired) electrons. The third-order valence-electron chi connectivity index (χ3n) is 4.99. The topological polar surface area (TPSA) is 92.8 Å². The van der Waals surface area contributed by atoms with Gasteiger partial charge in [-0.25, -0.2) is 4.79 Å². The fourth-order valence-corrected chi connectivity index (χ4v) is 4.16. The van der Waals surface area contributed by atoms with Gasteiger partial charge in [-0.15, -0.1) is 11.3 Å². The minimum atomic E-state index is -0.753. The largest absolute Gasteiger partial charge is 0.452 e. The number of thiophene rings is 1. The van der Waals surface area contributed by atoms with Crippen LogP contribution >= 0.6 is 11.3 Å². The van der Waals surface area contributed by atoms with Crippen LogP contribution in [-0.2, 0) is 14.3 Å². The third-order valence-corrected chi connectivity index (χ3v) is 5.85. The molecule has 4 rings (SSSR count). The van der Waals surface area contributed by atoms with Crippen LogP contribution in [-0.4, -0.2) is 36.7 Å². The molecule has 1 aliphatic heterocycles. The standard InChI is InChI=1S/C24H20N2O5S/c27-21(25-16-6-3-7-17(14-16)26-12-4-11-22(26)28)15-31-24(30)19-9-2-1-8-18(19)23(29)20-10-5-13-32-20/h1-3,5-10,13-14H,4,11-12,15H2,(H,25,27). The van der Waals surface area contributed by atoms with Crippen LogP contribution in [0.15, 0.2) is 66.0 Å². The first-order valence-corrected chi connectivity index (χ1v) is 11.0. The number of carbonyl (C=O) groups excluding carboxylic acids is 4. The third kappa shape index (κ3) is 4.76. The van der Waals surface area contributed by atoms with Crippen LogP contribution in [0.4, 0.5) is 11.4 Å². The maximum Gasteiger partial charge on any atom is 0.339 e. The first-order chi connectivity index (χ1) is 15.5. The minimum absolute atomic E-state index is 0.0539. The van der Waals surface area contributed by atoms with E-state index in [0.717, 1.165) is 6.42 Å². The molecule has 1 aromatic heterocycles. The van der Waals surface area contributed by atoms with Crippen LogP contribution in [0.25, 0.3) is 0 Å². The molecule has 2 amide bonds. The molecule has 1 N–H and O–H groups in total. The number of nitrogens with zero attached hydrogens (tertiary/aromatic N) is 1. The molecule has 0 saturated carbocycles. The lowest BCUT2D eigenvalue weighted by molar-refractivity contribution is -0.119. The lowest BCUT2D eigenvalue weighted by atomic mass is 10.0. The molecule has 3 aromatic rings. The van der Waals surface area contributed by atoms with Crippen molar-refractivity contribution in [2.24, 2.45) is 0 Å². The smallest absolute Gasteiger partial charge is 0.339 e. The van der Waals surface area contributed by atoms with E-state index < -0.39 is 18.5 Å². The van der Waals surface area contributed by atoms with Gasteiger partial charge >= 0.3 is 5.97 Å². The SMILES string of the molecule is O=C(COC(=O)c1ccccc1C(=O)c1cccs1)Nc1cccc(N2CCCC2=O)c1. The molecule has 1 saturated heterocycles. The summed E-state index contributed by atoms with van der Waals surface area (Å²) in [6.07, 6.45) is 1.32. The maximum atomic E-state index is 12.7. The van der Waals surface area contributed by atoms with Crippen molar-refractivity contribution in [3.8, 4) is 0 Å². The van der Waals surface area contributed by atoms with Crippen molar-refractivity contribution in [3.05, 3.63) is 82.0 Å². The van der Waals surface area contributed by atoms with Crippen molar-refractivity contribution in [2.45, 2.75) is 12.8 Å². The van der Waals surface area contributed by atoms with E-state index in [0.29, 0.717) is 29.2 Å². The predicted molar refractivity (Wildman–Crippen MR) is 121 cm³/mol. The summed E-state index contributed by atoms with van der Waals surface area (Å²) in [7, 11) is 0. The first kappa shape index (κ1) is 21.5. The number of nitrogens with one attached hydrogen (secondary N) is 1. The van der Waals surface area contributed by atoms with Crippen LogP contribution in [0.5, 0.6) is 0 Å². The van der Waals surface area contributed by atoms with Gasteiger partial charge in [0.15, 0.2) is 6.61 Å². The van der Waals surface area contributed by atoms with Gasteiger partial charge in [0.25, 0.3) is 5.91 Å². The van der Waals surface area contributed by atoms with Gasteiger partial charge in [-0.1, -0.05) is 30.3 Å². The Balaban J connectivity index is 1.39. The average Bonchev–Trinajstić information content (AvgIpc) is 3.49. The number of benzene rings is 2. The molecule has 0 bridgehead atoms. The summed E-state index contributed by atoms with van der Waals surface area (Å²) in [6, 6.07) is 16.8. The van der Waals surface area contributed by atoms with Gasteiger partial charge in [-0.2, -0.15) is 0 Å². The Morgan fingerprint density at radius 1 is 1.00 bits per heavy atom. The highest BCUT2D eigenvalue weighted by atomic mass is 32.1. The van der Waals surface area contributed by atoms with Crippen LogP contribution in [0.2, 0.25) is 0 Å². The Morgan fingerprint density at radius 3 is 2.53 bits per heavy atom. The molecule has 162 valence electrons. The van der Waals surface area contributed by atoms with E-state index in [1.807, 2.05) is 0 Å². The summed E-state index contributed by atoms with van der Waals surface area (Å²) in [5, 5.41) is 4.45. The molecular formula is C24H20N2O5S. The second-order valence-corrected chi connectivity index (χ2v) is 8.12. The number of ether oxygens (including phenoxy) is 1. The van der Waals surface area contributed by atoms with Gasteiger partial charge in [-0.05, 0) is 42.1 Å². The highest BCUT2D eigenvalue weighted by Crippen LogP contribution is 2.24. The number of amides is 2. The Morgan fingerprint density at radius 2 is 1.81 bits per heavy atom. The molecule has 1 fully saturated rings. The monoisotopic (exact) mass is 448 g/mol. The van der Waals surface area contributed by atoms with Crippen LogP contribution in [0.3, 0.4) is 0 Å². The summed E-state index contributed by atoms with van der Waals surface area (Å²) < 4.78 is 5.15. The van der Waals surface area contributed by atoms with Gasteiger partial charge in [-0.3, -0.25) is 14.4 Å². The number of hydrogen-bond donors (Lipinski definition) is 1. The Hall–Kier alpha value is -3.78. The summed E-state index contributed by atoms with van der Waals surface area (Å²) >= 11 is 1.29. The van der Waals surface area contributed by atoms with Gasteiger partial charge in [0, 0.05) is 29.9 Å². The number of rotatable bonds is 7. The number of anilines is 2. The molecule has 0 unspecified atom stereocenters. The first-order valence-electron chi connectivity index (χ1n) is 10.1. The highest BCUT2D eigenvalue weighted by Gasteiger charge is 2.22. The fraction of sp³-hybridized carbons (Fsp3) is 0.167. The van der Waals surface area contributed by atoms with Crippen LogP contribution in [0.1, 0.15) is 38.4 Å². The van der Waals surface area contributed by atoms with Gasteiger partial charge < -0.3 is 15.0 Å². The summed E-state index contributed by atoms with van der Waals surface area (Å²) in [5.74, 6) is -1.49. The Kier molecular flexibility index (Phi) is 6.42. The van der Waals surface area contributed by atoms with E-state index >= 15 is 0 Å². The molecule has 8 heteroatoms. The van der Waals surface area contributed by atoms with Crippen molar-refractivity contribution in [2.75, 3.05) is 23.4 Å². The lowest BCUT2D eigenvalue weighted by Gasteiger charge is -2.16. The zero-order valence-electron chi connectivity index (χ0n) is 17.1. The number of hydrogen-bond acceptors (Lipinski definition) is 6. The molecule has 0 atom stereocenters. The summed E-state index contributed by atoms with van der Waals surface area (Å²) in [6.45, 7) is 0.144. The van der Waals surface area contributed by atoms with E-state index in [2.05, 4.69) is 5.32 Å². The molecule has 1 aliphatic rings. The number of esters is 1. The maximum absolute atomic E-state index is 12.7. The van der Waals surface area contributed by atoms with E-state index in [4.69, 9.17) is 4.74 Å². The molecule has 2 aromatic carbocycles. The van der Waals surface area contributed by atoms with E-state index in [9.17, 15) is 19.2 Å². The van der Waals surface area contributed by atoms with Gasteiger partial charge in [0.2, 0.25) is 11.7 Å². The quantitative estimate of drug-likeness (QED) is 0.437.